The third-order valence-corrected chi connectivity index (χ3v) is 10.4. The Morgan fingerprint density at radius 3 is 1.64 bits per heavy atom. The van der Waals surface area contributed by atoms with Gasteiger partial charge < -0.3 is 28.7 Å². The molecular weight excluding hydrogens is 494 g/mol. The second-order valence-corrected chi connectivity index (χ2v) is 14.2. The molecule has 0 aliphatic carbocycles. The molecule has 0 aliphatic rings. The minimum atomic E-state index is -5.74. The van der Waals surface area contributed by atoms with E-state index < -0.39 is 32.9 Å². The van der Waals surface area contributed by atoms with Gasteiger partial charge in [0.25, 0.3) is 0 Å². The Labute approximate surface area is 217 Å². The Balaban J connectivity index is 3.10. The lowest BCUT2D eigenvalue weighted by Gasteiger charge is -2.53. The van der Waals surface area contributed by atoms with Crippen LogP contribution in [0.25, 0.3) is 0 Å². The second kappa shape index (κ2) is 14.4. The van der Waals surface area contributed by atoms with E-state index >= 15 is 0 Å². The summed E-state index contributed by atoms with van der Waals surface area (Å²) in [7, 11) is -11.3. The first-order chi connectivity index (χ1) is 16.6. The molecule has 1 aromatic carbocycles. The van der Waals surface area contributed by atoms with E-state index in [4.69, 9.17) is 0 Å². The van der Waals surface area contributed by atoms with Gasteiger partial charge in [-0.05, 0) is 97.6 Å². The van der Waals surface area contributed by atoms with Crippen LogP contribution in [-0.2, 0) is 22.0 Å². The van der Waals surface area contributed by atoms with Crippen LogP contribution in [0.4, 0.5) is 0 Å². The quantitative estimate of drug-likeness (QED) is 0.241. The van der Waals surface area contributed by atoms with E-state index in [1.807, 2.05) is 19.9 Å². The zero-order valence-corrected chi connectivity index (χ0v) is 24.2. The van der Waals surface area contributed by atoms with E-state index in [0.29, 0.717) is 24.8 Å². The molecule has 0 heterocycles. The highest BCUT2D eigenvalue weighted by atomic mass is 31.2. The molecule has 0 aromatic heterocycles. The number of hydrogen-bond donors (Lipinski definition) is 1. The largest absolute Gasteiger partial charge is 0.810 e. The molecule has 6 nitrogen and oxygen atoms in total. The molecule has 2 unspecified atom stereocenters. The van der Waals surface area contributed by atoms with Gasteiger partial charge in [0.1, 0.15) is 7.60 Å². The van der Waals surface area contributed by atoms with Crippen LogP contribution < -0.4 is 14.7 Å². The van der Waals surface area contributed by atoms with Crippen LogP contribution in [0.3, 0.4) is 0 Å². The predicted octanol–water partition coefficient (Wildman–Crippen LogP) is 5.70. The van der Waals surface area contributed by atoms with Gasteiger partial charge in [0.15, 0.2) is 0 Å². The van der Waals surface area contributed by atoms with Crippen molar-refractivity contribution in [1.29, 1.82) is 0 Å². The Hall–Kier alpha value is -1.52. The van der Waals surface area contributed by atoms with E-state index in [1.54, 1.807) is 31.2 Å². The molecule has 202 valence electrons. The van der Waals surface area contributed by atoms with Gasteiger partial charge in [0, 0.05) is 0 Å². The van der Waals surface area contributed by atoms with Gasteiger partial charge in [-0.1, -0.05) is 78.5 Å². The molecule has 0 bridgehead atoms. The summed E-state index contributed by atoms with van der Waals surface area (Å²) in [6.07, 6.45) is 10.5. The second-order valence-electron chi connectivity index (χ2n) is 10.1. The molecule has 36 heavy (non-hydrogen) atoms. The summed E-state index contributed by atoms with van der Waals surface area (Å²) >= 11 is 0. The van der Waals surface area contributed by atoms with Crippen molar-refractivity contribution >= 4 is 15.2 Å². The zero-order chi connectivity index (χ0) is 27.6. The molecule has 0 amide bonds. The van der Waals surface area contributed by atoms with E-state index in [0.717, 1.165) is 29.6 Å². The minimum Gasteiger partial charge on any atom is -0.810 e. The lowest BCUT2D eigenvalue weighted by atomic mass is 10.0. The van der Waals surface area contributed by atoms with Crippen LogP contribution in [0.5, 0.6) is 0 Å². The molecule has 0 fully saturated rings. The molecule has 1 rings (SSSR count). The van der Waals surface area contributed by atoms with E-state index in [-0.39, 0.29) is 0 Å². The first-order valence-electron chi connectivity index (χ1n) is 12.3. The third-order valence-electron chi connectivity index (χ3n) is 6.19. The maximum Gasteiger partial charge on any atom is 0.144 e. The van der Waals surface area contributed by atoms with Crippen molar-refractivity contribution in [3.63, 3.8) is 0 Å². The topological polar surface area (TPSA) is 124 Å². The molecule has 1 aromatic rings. The Kier molecular flexibility index (Phi) is 13.0. The summed E-state index contributed by atoms with van der Waals surface area (Å²) in [4.78, 5) is 44.1. The van der Waals surface area contributed by atoms with Gasteiger partial charge in [-0.3, -0.25) is 0 Å². The fourth-order valence-electron chi connectivity index (χ4n) is 3.78. The lowest BCUT2D eigenvalue weighted by Crippen LogP contribution is -2.43. The fourth-order valence-corrected chi connectivity index (χ4v) is 6.42. The Morgan fingerprint density at radius 2 is 1.22 bits per heavy atom. The van der Waals surface area contributed by atoms with E-state index in [1.165, 1.54) is 17.2 Å². The van der Waals surface area contributed by atoms with Crippen LogP contribution in [0, 0.1) is 0 Å². The van der Waals surface area contributed by atoms with Crippen molar-refractivity contribution in [2.24, 2.45) is 0 Å². The summed E-state index contributed by atoms with van der Waals surface area (Å²) in [6, 6.07) is 6.81. The van der Waals surface area contributed by atoms with Gasteiger partial charge in [-0.25, -0.2) is 0 Å². The van der Waals surface area contributed by atoms with Crippen LogP contribution in [0.2, 0.25) is 0 Å². The maximum absolute atomic E-state index is 12.4. The summed E-state index contributed by atoms with van der Waals surface area (Å²) in [5.74, 6) is 0. The average molecular weight is 536 g/mol. The van der Waals surface area contributed by atoms with Crippen molar-refractivity contribution in [2.75, 3.05) is 0 Å². The molecule has 0 aliphatic heterocycles. The standard InChI is InChI=1S/C28H44O6P2/c1-22(2)9-7-11-24(5)13-14-26-15-17-27(18-16-26)21-28(35(29,30)31,36(32,33)34)20-19-25(6)12-8-10-23(3)4/h9-10,13,15-19H,7-8,11-12,14,20-21H2,1-6H3,(H2,29,30,31)(H2,32,33,34)/p-3/b24-13+,25-19+. The highest BCUT2D eigenvalue weighted by Crippen LogP contribution is 2.66. The van der Waals surface area contributed by atoms with Crippen molar-refractivity contribution in [3.8, 4) is 0 Å². The first-order valence-corrected chi connectivity index (χ1v) is 15.4. The molecular formula is C28H41O6P2-3. The molecule has 0 saturated carbocycles. The number of benzene rings is 1. The van der Waals surface area contributed by atoms with Gasteiger partial charge >= 0.3 is 0 Å². The summed E-state index contributed by atoms with van der Waals surface area (Å²) in [6.45, 7) is 11.9. The lowest BCUT2D eigenvalue weighted by molar-refractivity contribution is -0.320. The highest BCUT2D eigenvalue weighted by Gasteiger charge is 2.42. The van der Waals surface area contributed by atoms with Gasteiger partial charge in [-0.2, -0.15) is 0 Å². The number of hydrogen-bond acceptors (Lipinski definition) is 5. The molecule has 1 N–H and O–H groups in total. The molecule has 2 atom stereocenters. The van der Waals surface area contributed by atoms with Gasteiger partial charge in [0.2, 0.25) is 0 Å². The number of rotatable bonds is 14. The third kappa shape index (κ3) is 10.8. The molecule has 0 saturated heterocycles. The summed E-state index contributed by atoms with van der Waals surface area (Å²) in [5, 5.41) is 0. The van der Waals surface area contributed by atoms with Gasteiger partial charge in [0.05, 0.1) is 4.90 Å². The monoisotopic (exact) mass is 535 g/mol. The molecule has 8 heteroatoms. The van der Waals surface area contributed by atoms with Crippen molar-refractivity contribution in [1.82, 2.24) is 0 Å². The van der Waals surface area contributed by atoms with E-state index in [2.05, 4.69) is 32.9 Å². The van der Waals surface area contributed by atoms with Crippen LogP contribution in [-0.4, -0.2) is 9.79 Å². The SMILES string of the molecule is CC(C)=CCC/C(C)=C/Cc1ccc(CC(C/C=C(\C)CCC=C(C)C)(P(=O)([O-])[O-])P(=O)([O-])O)cc1. The van der Waals surface area contributed by atoms with Crippen LogP contribution in [0.15, 0.2) is 70.9 Å². The smallest absolute Gasteiger partial charge is 0.144 e. The highest BCUT2D eigenvalue weighted by molar-refractivity contribution is 7.70. The fraction of sp³-hybridized carbons (Fsp3) is 0.500. The normalized spacial score (nSPS) is 16.2. The zero-order valence-electron chi connectivity index (χ0n) is 22.5. The van der Waals surface area contributed by atoms with Crippen molar-refractivity contribution in [3.05, 3.63) is 82.0 Å². The average Bonchev–Trinajstić information content (AvgIpc) is 2.73. The first kappa shape index (κ1) is 32.5. The summed E-state index contributed by atoms with van der Waals surface area (Å²) in [5.41, 5.74) is 5.76. The minimum absolute atomic E-state index is 0.357. The Bertz CT molecular complexity index is 1040. The van der Waals surface area contributed by atoms with Crippen molar-refractivity contribution < 1.29 is 28.7 Å². The van der Waals surface area contributed by atoms with Crippen LogP contribution in [0.1, 0.15) is 84.8 Å². The van der Waals surface area contributed by atoms with Gasteiger partial charge in [-0.15, -0.1) is 0 Å². The maximum atomic E-state index is 12.4. The van der Waals surface area contributed by atoms with Crippen molar-refractivity contribution in [2.45, 2.75) is 91.4 Å². The van der Waals surface area contributed by atoms with Crippen LogP contribution >= 0.6 is 15.2 Å². The predicted molar refractivity (Wildman–Crippen MR) is 143 cm³/mol. The molecule has 0 radical (unpaired) electrons. The molecule has 0 spiro atoms. The van der Waals surface area contributed by atoms with E-state index in [9.17, 15) is 28.7 Å². The number of allylic oxidation sites excluding steroid dienone is 8. The summed E-state index contributed by atoms with van der Waals surface area (Å²) < 4.78 is 24.6. The Morgan fingerprint density at radius 1 is 0.778 bits per heavy atom.